The quantitative estimate of drug-likeness (QED) is 0.170. The van der Waals surface area contributed by atoms with Gasteiger partial charge in [0.1, 0.15) is 5.82 Å². The number of para-hydroxylation sites is 3. The molecule has 0 aliphatic carbocycles. The summed E-state index contributed by atoms with van der Waals surface area (Å²) in [5, 5.41) is 13.3. The Morgan fingerprint density at radius 1 is 0.298 bits per heavy atom. The maximum absolute atomic E-state index is 5.00. The van der Waals surface area contributed by atoms with Crippen molar-refractivity contribution in [3.63, 3.8) is 0 Å². The lowest BCUT2D eigenvalue weighted by Crippen LogP contribution is -1.99. The molecule has 5 heterocycles. The third-order valence-corrected chi connectivity index (χ3v) is 12.1. The third kappa shape index (κ3) is 4.12. The molecule has 0 aliphatic heterocycles. The average molecular weight is 726 g/mol. The highest BCUT2D eigenvalue weighted by Crippen LogP contribution is 2.44. The van der Waals surface area contributed by atoms with Crippen molar-refractivity contribution >= 4 is 97.9 Å². The molecule has 13 aromatic rings. The summed E-state index contributed by atoms with van der Waals surface area (Å²) in [6.45, 7) is 0. The SMILES string of the molecule is c1ccc(-n2c3ccccc3c3c2ccc2c4ccc(-n5c6ccccc6c6cc7c8ccccc8c8cccnc8c7cc65)cc4n(-c4ccccn4)c23)cc1. The van der Waals surface area contributed by atoms with E-state index in [9.17, 15) is 0 Å². The van der Waals surface area contributed by atoms with E-state index in [1.165, 1.54) is 59.4 Å². The van der Waals surface area contributed by atoms with Gasteiger partial charge in [0.25, 0.3) is 0 Å². The van der Waals surface area contributed by atoms with E-state index >= 15 is 0 Å². The maximum Gasteiger partial charge on any atom is 0.137 e. The summed E-state index contributed by atoms with van der Waals surface area (Å²) in [6.07, 6.45) is 3.80. The zero-order chi connectivity index (χ0) is 37.2. The Morgan fingerprint density at radius 3 is 1.75 bits per heavy atom. The van der Waals surface area contributed by atoms with Gasteiger partial charge in [-0.1, -0.05) is 103 Å². The molecule has 0 amide bonds. The highest BCUT2D eigenvalue weighted by Gasteiger charge is 2.23. The van der Waals surface area contributed by atoms with Crippen LogP contribution in [-0.2, 0) is 0 Å². The van der Waals surface area contributed by atoms with Gasteiger partial charge in [-0.2, -0.15) is 0 Å². The summed E-state index contributed by atoms with van der Waals surface area (Å²) in [4.78, 5) is 9.98. The van der Waals surface area contributed by atoms with E-state index in [1.807, 2.05) is 24.5 Å². The van der Waals surface area contributed by atoms with Gasteiger partial charge in [-0.25, -0.2) is 4.98 Å². The Morgan fingerprint density at radius 2 is 0.930 bits per heavy atom. The summed E-state index contributed by atoms with van der Waals surface area (Å²) in [5.74, 6) is 0.885. The van der Waals surface area contributed by atoms with Crippen LogP contribution in [0.5, 0.6) is 0 Å². The lowest BCUT2D eigenvalue weighted by Gasteiger charge is -2.13. The minimum absolute atomic E-state index is 0.885. The first-order valence-electron chi connectivity index (χ1n) is 19.4. The molecule has 13 rings (SSSR count). The van der Waals surface area contributed by atoms with E-state index in [4.69, 9.17) is 9.97 Å². The van der Waals surface area contributed by atoms with Crippen molar-refractivity contribution in [3.05, 3.63) is 188 Å². The van der Waals surface area contributed by atoms with Crippen LogP contribution in [0.2, 0.25) is 0 Å². The fourth-order valence-electron chi connectivity index (χ4n) is 9.77. The smallest absolute Gasteiger partial charge is 0.137 e. The van der Waals surface area contributed by atoms with Crippen molar-refractivity contribution < 1.29 is 0 Å². The lowest BCUT2D eigenvalue weighted by atomic mass is 9.95. The van der Waals surface area contributed by atoms with Gasteiger partial charge >= 0.3 is 0 Å². The number of hydrogen-bond acceptors (Lipinski definition) is 2. The topological polar surface area (TPSA) is 40.6 Å². The monoisotopic (exact) mass is 725 g/mol. The first-order chi connectivity index (χ1) is 28.3. The highest BCUT2D eigenvalue weighted by atomic mass is 15.1. The van der Waals surface area contributed by atoms with Crippen molar-refractivity contribution in [1.82, 2.24) is 23.7 Å². The molecule has 264 valence electrons. The van der Waals surface area contributed by atoms with E-state index < -0.39 is 0 Å². The molecule has 8 aromatic carbocycles. The van der Waals surface area contributed by atoms with E-state index in [0.29, 0.717) is 0 Å². The van der Waals surface area contributed by atoms with E-state index in [1.54, 1.807) is 0 Å². The Kier molecular flexibility index (Phi) is 6.10. The van der Waals surface area contributed by atoms with Gasteiger partial charge in [-0.05, 0) is 89.0 Å². The Bertz CT molecular complexity index is 3800. The molecule has 0 radical (unpaired) electrons. The molecule has 0 saturated carbocycles. The van der Waals surface area contributed by atoms with Gasteiger partial charge in [0.2, 0.25) is 0 Å². The number of benzene rings is 8. The second-order valence-corrected chi connectivity index (χ2v) is 15.0. The molecule has 0 spiro atoms. The standard InChI is InChI=1S/C52H31N5/c1-2-13-32(14-3-1)55-45-21-9-7-18-40(45)50-46(55)26-25-39-37-24-23-33(29-47(37)57(52(39)50)49-22-10-11-27-53-49)56-44-20-8-6-17-36(44)42-30-41-35-16-5-4-15-34(35)38-19-12-28-54-51(38)43(41)31-48(42)56/h1-31H. The number of hydrogen-bond donors (Lipinski definition) is 0. The average Bonchev–Trinajstić information content (AvgIpc) is 3.91. The van der Waals surface area contributed by atoms with Crippen LogP contribution in [0.3, 0.4) is 0 Å². The van der Waals surface area contributed by atoms with Crippen molar-refractivity contribution in [2.24, 2.45) is 0 Å². The number of nitrogens with zero attached hydrogens (tertiary/aromatic N) is 5. The van der Waals surface area contributed by atoms with Gasteiger partial charge in [-0.3, -0.25) is 9.55 Å². The second-order valence-electron chi connectivity index (χ2n) is 15.0. The fourth-order valence-corrected chi connectivity index (χ4v) is 9.77. The Hall–Kier alpha value is -7.76. The number of pyridine rings is 2. The Balaban J connectivity index is 1.17. The summed E-state index contributed by atoms with van der Waals surface area (Å²) >= 11 is 0. The van der Waals surface area contributed by atoms with E-state index in [2.05, 4.69) is 177 Å². The van der Waals surface area contributed by atoms with Crippen LogP contribution in [0, 0.1) is 0 Å². The summed E-state index contributed by atoms with van der Waals surface area (Å²) in [6, 6.07) is 63.7. The van der Waals surface area contributed by atoms with Gasteiger partial charge in [0.05, 0.1) is 38.6 Å². The second kappa shape index (κ2) is 11.4. The normalized spacial score (nSPS) is 12.2. The van der Waals surface area contributed by atoms with Gasteiger partial charge in [-0.15, -0.1) is 0 Å². The molecule has 57 heavy (non-hydrogen) atoms. The number of fused-ring (bicyclic) bond motifs is 16. The van der Waals surface area contributed by atoms with Crippen molar-refractivity contribution in [2.45, 2.75) is 0 Å². The predicted molar refractivity (Wildman–Crippen MR) is 238 cm³/mol. The molecule has 5 heteroatoms. The zero-order valence-electron chi connectivity index (χ0n) is 30.6. The molecule has 0 fully saturated rings. The zero-order valence-corrected chi connectivity index (χ0v) is 30.6. The first kappa shape index (κ1) is 30.6. The van der Waals surface area contributed by atoms with Crippen LogP contribution in [0.25, 0.3) is 115 Å². The first-order valence-corrected chi connectivity index (χ1v) is 19.4. The third-order valence-electron chi connectivity index (χ3n) is 12.1. The number of aromatic nitrogens is 5. The molecule has 0 N–H and O–H groups in total. The molecule has 0 atom stereocenters. The maximum atomic E-state index is 5.00. The molecular formula is C52H31N5. The van der Waals surface area contributed by atoms with Crippen LogP contribution in [0.4, 0.5) is 0 Å². The molecule has 0 unspecified atom stereocenters. The van der Waals surface area contributed by atoms with Gasteiger partial charge in [0.15, 0.2) is 0 Å². The van der Waals surface area contributed by atoms with E-state index in [0.717, 1.165) is 55.7 Å². The summed E-state index contributed by atoms with van der Waals surface area (Å²) in [5.41, 5.74) is 10.2. The minimum atomic E-state index is 0.885. The van der Waals surface area contributed by atoms with Crippen LogP contribution in [0.15, 0.2) is 188 Å². The molecule has 0 aliphatic rings. The molecule has 0 saturated heterocycles. The highest BCUT2D eigenvalue weighted by molar-refractivity contribution is 6.29. The largest absolute Gasteiger partial charge is 0.309 e. The van der Waals surface area contributed by atoms with Crippen LogP contribution in [-0.4, -0.2) is 23.7 Å². The van der Waals surface area contributed by atoms with E-state index in [-0.39, 0.29) is 0 Å². The lowest BCUT2D eigenvalue weighted by molar-refractivity contribution is 1.08. The van der Waals surface area contributed by atoms with Crippen molar-refractivity contribution in [1.29, 1.82) is 0 Å². The molecule has 5 nitrogen and oxygen atoms in total. The molecule has 0 bridgehead atoms. The van der Waals surface area contributed by atoms with Gasteiger partial charge < -0.3 is 9.13 Å². The van der Waals surface area contributed by atoms with Gasteiger partial charge in [0, 0.05) is 66.9 Å². The van der Waals surface area contributed by atoms with Crippen LogP contribution < -0.4 is 0 Å². The minimum Gasteiger partial charge on any atom is -0.309 e. The van der Waals surface area contributed by atoms with Crippen LogP contribution >= 0.6 is 0 Å². The number of rotatable bonds is 3. The Labute approximate surface area is 325 Å². The molecule has 5 aromatic heterocycles. The fraction of sp³-hybridized carbons (Fsp3) is 0. The summed E-state index contributed by atoms with van der Waals surface area (Å²) in [7, 11) is 0. The van der Waals surface area contributed by atoms with Crippen molar-refractivity contribution in [2.75, 3.05) is 0 Å². The molecular weight excluding hydrogens is 695 g/mol. The predicted octanol–water partition coefficient (Wildman–Crippen LogP) is 13.2. The summed E-state index contributed by atoms with van der Waals surface area (Å²) < 4.78 is 7.20. The van der Waals surface area contributed by atoms with Crippen LogP contribution in [0.1, 0.15) is 0 Å². The van der Waals surface area contributed by atoms with Crippen molar-refractivity contribution in [3.8, 4) is 17.2 Å².